The van der Waals surface area contributed by atoms with Gasteiger partial charge in [-0.2, -0.15) is 5.01 Å². The lowest BCUT2D eigenvalue weighted by Gasteiger charge is -2.27. The summed E-state index contributed by atoms with van der Waals surface area (Å²) in [4.78, 5) is 11.7. The van der Waals surface area contributed by atoms with Crippen molar-refractivity contribution in [3.8, 4) is 0 Å². The zero-order valence-electron chi connectivity index (χ0n) is 7.90. The number of hydrogen-bond donors (Lipinski definition) is 3. The van der Waals surface area contributed by atoms with Crippen molar-refractivity contribution in [1.82, 2.24) is 10.4 Å². The van der Waals surface area contributed by atoms with Crippen LogP contribution in [0.25, 0.3) is 0 Å². The Hall–Kier alpha value is -0.300. The molecule has 0 aromatic rings. The quantitative estimate of drug-likeness (QED) is 0.483. The Morgan fingerprint density at radius 3 is 3.21 bits per heavy atom. The topological polar surface area (TPSA) is 57.0 Å². The van der Waals surface area contributed by atoms with Gasteiger partial charge >= 0.3 is 5.97 Å². The van der Waals surface area contributed by atoms with E-state index < -0.39 is 5.97 Å². The Morgan fingerprint density at radius 2 is 2.50 bits per heavy atom. The first-order valence-corrected chi connectivity index (χ1v) is 5.41. The van der Waals surface area contributed by atoms with E-state index in [-0.39, 0.29) is 11.9 Å². The highest BCUT2D eigenvalue weighted by molar-refractivity contribution is 7.59. The predicted molar refractivity (Wildman–Crippen MR) is 52.1 cm³/mol. The number of rotatable bonds is 3. The predicted octanol–water partition coefficient (Wildman–Crippen LogP) is -1.88. The van der Waals surface area contributed by atoms with Crippen LogP contribution in [0.15, 0.2) is 0 Å². The molecular formula is C8H15N3O2S. The van der Waals surface area contributed by atoms with E-state index >= 15 is 0 Å². The standard InChI is InChI=1S/C8H15N3O2S/c12-7(13)3-5-10-6-2-1-4-11(6)9-8(10)14/h6,8-9,14H,1-5H2,(H,12,13). The summed E-state index contributed by atoms with van der Waals surface area (Å²) < 4.78 is 0. The molecule has 6 heteroatoms. The lowest BCUT2D eigenvalue weighted by molar-refractivity contribution is -0.927. The van der Waals surface area contributed by atoms with Gasteiger partial charge in [0.1, 0.15) is 0 Å². The molecule has 2 heterocycles. The van der Waals surface area contributed by atoms with E-state index in [0.29, 0.717) is 12.7 Å². The van der Waals surface area contributed by atoms with Crippen molar-refractivity contribution in [2.24, 2.45) is 0 Å². The summed E-state index contributed by atoms with van der Waals surface area (Å²) in [5.41, 5.74) is 3.15. The van der Waals surface area contributed by atoms with E-state index in [0.717, 1.165) is 13.0 Å². The maximum atomic E-state index is 10.5. The number of quaternary nitrogens is 1. The molecule has 14 heavy (non-hydrogen) atoms. The van der Waals surface area contributed by atoms with Crippen LogP contribution in [0.4, 0.5) is 0 Å². The van der Waals surface area contributed by atoms with E-state index in [1.165, 1.54) is 11.3 Å². The molecule has 0 aromatic heterocycles. The van der Waals surface area contributed by atoms with Crippen molar-refractivity contribution in [2.45, 2.75) is 30.9 Å². The van der Waals surface area contributed by atoms with Gasteiger partial charge in [0.05, 0.1) is 13.0 Å². The summed E-state index contributed by atoms with van der Waals surface area (Å²) in [6.45, 7) is 1.66. The van der Waals surface area contributed by atoms with Gasteiger partial charge in [0.15, 0.2) is 6.17 Å². The lowest BCUT2D eigenvalue weighted by atomic mass is 10.3. The fraction of sp³-hybridized carbons (Fsp3) is 0.875. The van der Waals surface area contributed by atoms with Crippen LogP contribution >= 0.6 is 0 Å². The van der Waals surface area contributed by atoms with E-state index in [1.54, 1.807) is 0 Å². The molecule has 5 nitrogen and oxygen atoms in total. The van der Waals surface area contributed by atoms with Crippen molar-refractivity contribution in [2.75, 3.05) is 13.1 Å². The number of nitrogens with one attached hydrogen (secondary N) is 2. The number of nitrogens with zero attached hydrogens (tertiary/aromatic N) is 1. The molecule has 3 unspecified atom stereocenters. The minimum Gasteiger partial charge on any atom is -0.709 e. The average molecular weight is 217 g/mol. The largest absolute Gasteiger partial charge is 0.709 e. The summed E-state index contributed by atoms with van der Waals surface area (Å²) in [5.74, 6) is -0.740. The number of carboxylic acid groups (broad SMARTS) is 1. The van der Waals surface area contributed by atoms with Gasteiger partial charge in [-0.1, -0.05) is 0 Å². The zero-order chi connectivity index (χ0) is 10.1. The fourth-order valence-corrected chi connectivity index (χ4v) is 2.67. The maximum Gasteiger partial charge on any atom is 0.309 e. The third-order valence-corrected chi connectivity index (χ3v) is 3.34. The highest BCUT2D eigenvalue weighted by Crippen LogP contribution is 2.13. The van der Waals surface area contributed by atoms with Gasteiger partial charge < -0.3 is 22.6 Å². The van der Waals surface area contributed by atoms with Crippen molar-refractivity contribution >= 4 is 18.6 Å². The molecule has 0 saturated carbocycles. The molecule has 0 aliphatic carbocycles. The van der Waals surface area contributed by atoms with Gasteiger partial charge in [-0.3, -0.25) is 4.79 Å². The Labute approximate surface area is 88.4 Å². The number of aliphatic carboxylic acids is 1. The Morgan fingerprint density at radius 1 is 1.71 bits per heavy atom. The first-order chi connectivity index (χ1) is 6.68. The minimum atomic E-state index is -0.740. The highest BCUT2D eigenvalue weighted by Gasteiger charge is 2.40. The average Bonchev–Trinajstić information content (AvgIpc) is 2.61. The number of carboxylic acids is 1. The second-order valence-corrected chi connectivity index (χ2v) is 4.30. The third kappa shape index (κ3) is 1.88. The third-order valence-electron chi connectivity index (χ3n) is 2.93. The molecule has 0 radical (unpaired) electrons. The Balaban J connectivity index is 1.92. The summed E-state index contributed by atoms with van der Waals surface area (Å²) >= 11 is 5.25. The fourth-order valence-electron chi connectivity index (χ4n) is 2.26. The SMILES string of the molecule is O=C(O)CC[NH+]1C([S-])NN2CCCC21. The highest BCUT2D eigenvalue weighted by atomic mass is 32.1. The van der Waals surface area contributed by atoms with Crippen LogP contribution in [-0.2, 0) is 17.4 Å². The first-order valence-electron chi connectivity index (χ1n) is 4.94. The van der Waals surface area contributed by atoms with E-state index in [1.807, 2.05) is 0 Å². The van der Waals surface area contributed by atoms with Crippen LogP contribution in [0.5, 0.6) is 0 Å². The second kappa shape index (κ2) is 4.06. The first kappa shape index (κ1) is 10.2. The molecule has 0 amide bonds. The van der Waals surface area contributed by atoms with Crippen molar-refractivity contribution < 1.29 is 14.8 Å². The maximum absolute atomic E-state index is 10.5. The van der Waals surface area contributed by atoms with E-state index in [2.05, 4.69) is 10.4 Å². The summed E-state index contributed by atoms with van der Waals surface area (Å²) in [6.07, 6.45) is 2.90. The summed E-state index contributed by atoms with van der Waals surface area (Å²) in [7, 11) is 0. The Bertz CT molecular complexity index is 239. The minimum absolute atomic E-state index is 0.0559. The van der Waals surface area contributed by atoms with Crippen molar-refractivity contribution in [3.05, 3.63) is 0 Å². The molecular weight excluding hydrogens is 202 g/mol. The number of carbonyl (C=O) groups is 1. The van der Waals surface area contributed by atoms with Crippen LogP contribution in [0.1, 0.15) is 19.3 Å². The molecule has 0 bridgehead atoms. The number of fused-ring (bicyclic) bond motifs is 1. The normalized spacial score (nSPS) is 37.4. The van der Waals surface area contributed by atoms with Gasteiger partial charge in [-0.15, -0.1) is 0 Å². The molecule has 80 valence electrons. The summed E-state index contributed by atoms with van der Waals surface area (Å²) in [5, 5.41) is 10.8. The molecule has 2 fully saturated rings. The van der Waals surface area contributed by atoms with Crippen LogP contribution in [-0.4, -0.2) is 40.8 Å². The smallest absolute Gasteiger partial charge is 0.309 e. The molecule has 3 N–H and O–H groups in total. The van der Waals surface area contributed by atoms with Crippen molar-refractivity contribution in [3.63, 3.8) is 0 Å². The van der Waals surface area contributed by atoms with Crippen LogP contribution in [0, 0.1) is 0 Å². The molecule has 2 rings (SSSR count). The van der Waals surface area contributed by atoms with Crippen LogP contribution in [0.2, 0.25) is 0 Å². The molecule has 3 atom stereocenters. The molecule has 2 saturated heterocycles. The van der Waals surface area contributed by atoms with Gasteiger partial charge in [0, 0.05) is 18.5 Å². The van der Waals surface area contributed by atoms with Gasteiger partial charge in [-0.25, -0.2) is 5.43 Å². The van der Waals surface area contributed by atoms with Crippen LogP contribution in [0.3, 0.4) is 0 Å². The lowest BCUT2D eigenvalue weighted by Crippen LogP contribution is -3.17. The monoisotopic (exact) mass is 217 g/mol. The van der Waals surface area contributed by atoms with E-state index in [4.69, 9.17) is 17.7 Å². The number of hydrogen-bond acceptors (Lipinski definition) is 4. The zero-order valence-corrected chi connectivity index (χ0v) is 8.72. The van der Waals surface area contributed by atoms with E-state index in [9.17, 15) is 4.79 Å². The second-order valence-electron chi connectivity index (χ2n) is 3.83. The Kier molecular flexibility index (Phi) is 2.96. The molecule has 2 aliphatic heterocycles. The van der Waals surface area contributed by atoms with Crippen LogP contribution < -0.4 is 10.3 Å². The van der Waals surface area contributed by atoms with Gasteiger partial charge in [-0.05, 0) is 6.42 Å². The van der Waals surface area contributed by atoms with Gasteiger partial charge in [0.25, 0.3) is 0 Å². The molecule has 2 aliphatic rings. The summed E-state index contributed by atoms with van der Waals surface area (Å²) in [6, 6.07) is 0. The van der Waals surface area contributed by atoms with Gasteiger partial charge in [0.2, 0.25) is 0 Å². The van der Waals surface area contributed by atoms with Crippen molar-refractivity contribution in [1.29, 1.82) is 0 Å². The molecule has 0 aromatic carbocycles. The molecule has 0 spiro atoms. The number of hydrazine groups is 1.